The highest BCUT2D eigenvalue weighted by atomic mass is 16.6. The summed E-state index contributed by atoms with van der Waals surface area (Å²) in [5.74, 6) is -0.211. The van der Waals surface area contributed by atoms with Gasteiger partial charge in [-0.3, -0.25) is 9.69 Å². The Labute approximate surface area is 180 Å². The Morgan fingerprint density at radius 2 is 2.06 bits per heavy atom. The van der Waals surface area contributed by atoms with Gasteiger partial charge in [-0.2, -0.15) is 10.2 Å². The van der Waals surface area contributed by atoms with Crippen LogP contribution in [0, 0.1) is 11.3 Å². The van der Waals surface area contributed by atoms with Crippen LogP contribution in [0.25, 0.3) is 11.1 Å². The maximum Gasteiger partial charge on any atom is 0.411 e. The third-order valence-corrected chi connectivity index (χ3v) is 5.52. The molecule has 1 unspecified atom stereocenters. The third kappa shape index (κ3) is 4.43. The second kappa shape index (κ2) is 8.10. The zero-order chi connectivity index (χ0) is 22.2. The van der Waals surface area contributed by atoms with Crippen molar-refractivity contribution in [2.24, 2.45) is 0 Å². The van der Waals surface area contributed by atoms with E-state index in [-0.39, 0.29) is 18.5 Å². The van der Waals surface area contributed by atoms with E-state index < -0.39 is 23.8 Å². The summed E-state index contributed by atoms with van der Waals surface area (Å²) < 4.78 is 11.3. The summed E-state index contributed by atoms with van der Waals surface area (Å²) in [4.78, 5) is 33.6. The van der Waals surface area contributed by atoms with Crippen molar-refractivity contribution in [1.82, 2.24) is 14.8 Å². The summed E-state index contributed by atoms with van der Waals surface area (Å²) >= 11 is 0. The van der Waals surface area contributed by atoms with Gasteiger partial charge in [-0.15, -0.1) is 0 Å². The number of benzene rings is 1. The number of aromatic nitrogens is 1. The lowest BCUT2D eigenvalue weighted by Crippen LogP contribution is -2.50. The summed E-state index contributed by atoms with van der Waals surface area (Å²) in [5, 5.41) is 12.6. The number of rotatable bonds is 3. The number of fused-ring (bicyclic) bond motifs is 1. The minimum absolute atomic E-state index is 0.211. The van der Waals surface area contributed by atoms with E-state index in [4.69, 9.17) is 9.15 Å². The molecule has 1 aromatic heterocycles. The Morgan fingerprint density at radius 1 is 1.29 bits per heavy atom. The van der Waals surface area contributed by atoms with Gasteiger partial charge in [-0.25, -0.2) is 4.79 Å². The molecule has 2 aliphatic heterocycles. The number of hydrogen-bond acceptors (Lipinski definition) is 7. The number of para-hydroxylation sites is 2. The van der Waals surface area contributed by atoms with Crippen LogP contribution in [0.3, 0.4) is 0 Å². The van der Waals surface area contributed by atoms with Gasteiger partial charge < -0.3 is 19.4 Å². The van der Waals surface area contributed by atoms with E-state index in [9.17, 15) is 14.9 Å². The van der Waals surface area contributed by atoms with Crippen LogP contribution in [-0.4, -0.2) is 63.6 Å². The molecule has 3 atom stereocenters. The quantitative estimate of drug-likeness (QED) is 0.804. The first-order valence-corrected chi connectivity index (χ1v) is 10.6. The maximum absolute atomic E-state index is 13.3. The first-order valence-electron chi connectivity index (χ1n) is 10.6. The van der Waals surface area contributed by atoms with Gasteiger partial charge in [-0.05, 0) is 52.2 Å². The number of nitriles is 1. The average Bonchev–Trinajstić information content (AvgIpc) is 3.43. The Kier molecular flexibility index (Phi) is 5.48. The number of likely N-dealkylation sites (tertiary alicyclic amines) is 2. The topological polar surface area (TPSA) is 112 Å². The fraction of sp³-hybridized carbons (Fsp3) is 0.545. The van der Waals surface area contributed by atoms with Crippen LogP contribution in [0.4, 0.5) is 10.8 Å². The smallest absolute Gasteiger partial charge is 0.411 e. The molecule has 0 saturated carbocycles. The van der Waals surface area contributed by atoms with Crippen molar-refractivity contribution >= 4 is 29.1 Å². The van der Waals surface area contributed by atoms with Crippen LogP contribution in [0.5, 0.6) is 0 Å². The number of nitrogens with one attached hydrogen (secondary N) is 1. The SMILES string of the molecule is CC(C)(C)OC(=O)N1C[C@H](Nc2nc3ccccc3o2)C[C@H]1C(=O)N1CCCC1C#N. The molecule has 3 heterocycles. The van der Waals surface area contributed by atoms with Gasteiger partial charge in [0.1, 0.15) is 23.2 Å². The minimum Gasteiger partial charge on any atom is -0.444 e. The second-order valence-corrected chi connectivity index (χ2v) is 9.03. The summed E-state index contributed by atoms with van der Waals surface area (Å²) in [6.07, 6.45) is 1.28. The van der Waals surface area contributed by atoms with Crippen molar-refractivity contribution in [2.75, 3.05) is 18.4 Å². The molecule has 2 amide bonds. The lowest BCUT2D eigenvalue weighted by atomic mass is 10.1. The summed E-state index contributed by atoms with van der Waals surface area (Å²) in [5.41, 5.74) is 0.710. The molecule has 2 fully saturated rings. The molecule has 1 aromatic carbocycles. The van der Waals surface area contributed by atoms with Gasteiger partial charge in [-0.1, -0.05) is 12.1 Å². The monoisotopic (exact) mass is 425 g/mol. The first kappa shape index (κ1) is 21.0. The van der Waals surface area contributed by atoms with E-state index in [1.54, 1.807) is 25.7 Å². The van der Waals surface area contributed by atoms with Crippen molar-refractivity contribution in [3.05, 3.63) is 24.3 Å². The fourth-order valence-corrected chi connectivity index (χ4v) is 4.16. The molecule has 4 rings (SSSR count). The highest BCUT2D eigenvalue weighted by molar-refractivity contribution is 5.87. The molecule has 31 heavy (non-hydrogen) atoms. The van der Waals surface area contributed by atoms with E-state index in [0.717, 1.165) is 11.9 Å². The fourth-order valence-electron chi connectivity index (χ4n) is 4.16. The second-order valence-electron chi connectivity index (χ2n) is 9.03. The Bertz CT molecular complexity index is 988. The van der Waals surface area contributed by atoms with Crippen LogP contribution < -0.4 is 5.32 Å². The third-order valence-electron chi connectivity index (χ3n) is 5.52. The van der Waals surface area contributed by atoms with E-state index in [1.807, 2.05) is 24.3 Å². The Balaban J connectivity index is 1.54. The zero-order valence-corrected chi connectivity index (χ0v) is 18.0. The standard InChI is InChI=1S/C22H27N5O4/c1-22(2,3)31-21(29)27-13-14(24-20-25-16-8-4-5-9-18(16)30-20)11-17(27)19(28)26-10-6-7-15(26)12-23/h4-5,8-9,14-15,17H,6-7,10-11,13H2,1-3H3,(H,24,25)/t14-,15?,17+/m1/s1. The van der Waals surface area contributed by atoms with Crippen LogP contribution >= 0.6 is 0 Å². The van der Waals surface area contributed by atoms with Crippen molar-refractivity contribution in [3.8, 4) is 6.07 Å². The number of carbonyl (C=O) groups excluding carboxylic acids is 2. The highest BCUT2D eigenvalue weighted by Gasteiger charge is 2.45. The Hall–Kier alpha value is -3.28. The molecule has 2 aromatic rings. The van der Waals surface area contributed by atoms with Crippen LogP contribution in [0.1, 0.15) is 40.0 Å². The predicted octanol–water partition coefficient (Wildman–Crippen LogP) is 3.13. The van der Waals surface area contributed by atoms with Crippen molar-refractivity contribution in [3.63, 3.8) is 0 Å². The van der Waals surface area contributed by atoms with Crippen molar-refractivity contribution in [1.29, 1.82) is 5.26 Å². The molecular formula is C22H27N5O4. The zero-order valence-electron chi connectivity index (χ0n) is 18.0. The van der Waals surface area contributed by atoms with Crippen molar-refractivity contribution in [2.45, 2.75) is 63.8 Å². The minimum atomic E-state index is -0.703. The molecule has 2 aliphatic rings. The average molecular weight is 425 g/mol. The van der Waals surface area contributed by atoms with E-state index in [0.29, 0.717) is 31.0 Å². The molecule has 0 aliphatic carbocycles. The normalized spacial score (nSPS) is 23.7. The van der Waals surface area contributed by atoms with Crippen LogP contribution in [-0.2, 0) is 9.53 Å². The number of anilines is 1. The summed E-state index contributed by atoms with van der Waals surface area (Å²) in [6, 6.07) is 8.59. The molecule has 0 radical (unpaired) electrons. The number of oxazole rings is 1. The summed E-state index contributed by atoms with van der Waals surface area (Å²) in [7, 11) is 0. The lowest BCUT2D eigenvalue weighted by Gasteiger charge is -2.30. The number of carbonyl (C=O) groups is 2. The number of amides is 2. The van der Waals surface area contributed by atoms with Gasteiger partial charge >= 0.3 is 6.09 Å². The molecule has 9 heteroatoms. The Morgan fingerprint density at radius 3 is 2.77 bits per heavy atom. The van der Waals surface area contributed by atoms with Gasteiger partial charge in [0.2, 0.25) is 5.91 Å². The van der Waals surface area contributed by atoms with E-state index in [1.165, 1.54) is 4.90 Å². The molecule has 1 N–H and O–H groups in total. The maximum atomic E-state index is 13.3. The molecule has 0 bridgehead atoms. The molecule has 0 spiro atoms. The number of nitrogens with zero attached hydrogens (tertiary/aromatic N) is 4. The van der Waals surface area contributed by atoms with Crippen LogP contribution in [0.15, 0.2) is 28.7 Å². The number of hydrogen-bond donors (Lipinski definition) is 1. The van der Waals surface area contributed by atoms with E-state index >= 15 is 0 Å². The highest BCUT2D eigenvalue weighted by Crippen LogP contribution is 2.29. The van der Waals surface area contributed by atoms with Gasteiger partial charge in [0.05, 0.1) is 12.1 Å². The number of ether oxygens (including phenoxy) is 1. The predicted molar refractivity (Wildman–Crippen MR) is 113 cm³/mol. The molecule has 2 saturated heterocycles. The lowest BCUT2D eigenvalue weighted by molar-refractivity contribution is -0.135. The van der Waals surface area contributed by atoms with Gasteiger partial charge in [0, 0.05) is 13.1 Å². The molecule has 9 nitrogen and oxygen atoms in total. The summed E-state index contributed by atoms with van der Waals surface area (Å²) in [6.45, 7) is 6.17. The van der Waals surface area contributed by atoms with Crippen LogP contribution in [0.2, 0.25) is 0 Å². The van der Waals surface area contributed by atoms with Gasteiger partial charge in [0.25, 0.3) is 6.01 Å². The largest absolute Gasteiger partial charge is 0.444 e. The first-order chi connectivity index (χ1) is 14.7. The van der Waals surface area contributed by atoms with Crippen molar-refractivity contribution < 1.29 is 18.7 Å². The van der Waals surface area contributed by atoms with E-state index in [2.05, 4.69) is 16.4 Å². The van der Waals surface area contributed by atoms with Gasteiger partial charge in [0.15, 0.2) is 5.58 Å². The molecule has 164 valence electrons. The molecular weight excluding hydrogens is 398 g/mol.